The number of nitrogens with zero attached hydrogens (tertiary/aromatic N) is 1. The maximum absolute atomic E-state index is 13.8. The van der Waals surface area contributed by atoms with E-state index in [1.54, 1.807) is 37.3 Å². The van der Waals surface area contributed by atoms with E-state index in [9.17, 15) is 18.8 Å². The first-order chi connectivity index (χ1) is 13.4. The highest BCUT2D eigenvalue weighted by Gasteiger charge is 2.28. The van der Waals surface area contributed by atoms with Crippen molar-refractivity contribution in [1.82, 2.24) is 15.5 Å². The molecule has 2 aromatic carbocycles. The molecule has 8 heteroatoms. The lowest BCUT2D eigenvalue weighted by molar-refractivity contribution is -0.125. The number of carbonyl (C=O) groups is 3. The van der Waals surface area contributed by atoms with Crippen molar-refractivity contribution in [3.05, 3.63) is 65.0 Å². The Bertz CT molecular complexity index is 898. The zero-order valence-corrected chi connectivity index (χ0v) is 15.5. The molecule has 28 heavy (non-hydrogen) atoms. The van der Waals surface area contributed by atoms with Crippen molar-refractivity contribution in [2.75, 3.05) is 13.7 Å². The molecule has 0 unspecified atom stereocenters. The molecule has 0 spiro atoms. The van der Waals surface area contributed by atoms with E-state index in [1.807, 2.05) is 0 Å². The fourth-order valence-electron chi connectivity index (χ4n) is 2.87. The first-order valence-corrected chi connectivity index (χ1v) is 8.70. The Morgan fingerprint density at radius 1 is 1.25 bits per heavy atom. The number of urea groups is 1. The zero-order valence-electron chi connectivity index (χ0n) is 15.5. The zero-order chi connectivity index (χ0) is 20.3. The van der Waals surface area contributed by atoms with Crippen molar-refractivity contribution < 1.29 is 23.5 Å². The highest BCUT2D eigenvalue weighted by atomic mass is 19.1. The lowest BCUT2D eigenvalue weighted by Crippen LogP contribution is -2.30. The minimum atomic E-state index is -0.494. The molecule has 0 radical (unpaired) electrons. The molecular formula is C20H20FN3O4. The van der Waals surface area contributed by atoms with Gasteiger partial charge >= 0.3 is 6.03 Å². The van der Waals surface area contributed by atoms with Gasteiger partial charge in [0.25, 0.3) is 5.91 Å². The average molecular weight is 385 g/mol. The molecule has 2 aromatic rings. The molecule has 1 atom stereocenters. The molecule has 1 aliphatic rings. The number of halogens is 1. The van der Waals surface area contributed by atoms with E-state index in [1.165, 1.54) is 19.2 Å². The lowest BCUT2D eigenvalue weighted by atomic mass is 10.1. The number of carbonyl (C=O) groups excluding carboxylic acids is 3. The third-order valence-electron chi connectivity index (χ3n) is 4.52. The van der Waals surface area contributed by atoms with Gasteiger partial charge in [0.15, 0.2) is 11.6 Å². The quantitative estimate of drug-likeness (QED) is 0.748. The number of hydrogen-bond acceptors (Lipinski definition) is 4. The Balaban J connectivity index is 1.63. The van der Waals surface area contributed by atoms with Gasteiger partial charge in [-0.3, -0.25) is 14.5 Å². The first-order valence-electron chi connectivity index (χ1n) is 8.70. The monoisotopic (exact) mass is 385 g/mol. The van der Waals surface area contributed by atoms with Gasteiger partial charge in [0.05, 0.1) is 26.2 Å². The number of rotatable bonds is 6. The van der Waals surface area contributed by atoms with Gasteiger partial charge in [-0.25, -0.2) is 9.18 Å². The molecule has 0 aliphatic carbocycles. The molecule has 0 bridgehead atoms. The van der Waals surface area contributed by atoms with Crippen LogP contribution in [0.5, 0.6) is 5.75 Å². The third-order valence-corrected chi connectivity index (χ3v) is 4.52. The van der Waals surface area contributed by atoms with Crippen molar-refractivity contribution in [2.24, 2.45) is 0 Å². The Morgan fingerprint density at radius 2 is 1.96 bits per heavy atom. The van der Waals surface area contributed by atoms with Gasteiger partial charge in [-0.1, -0.05) is 18.2 Å². The Kier molecular flexibility index (Phi) is 5.58. The number of hydrogen-bond donors (Lipinski definition) is 2. The number of nitrogens with one attached hydrogen (secondary N) is 2. The van der Waals surface area contributed by atoms with E-state index in [0.717, 1.165) is 10.5 Å². The topological polar surface area (TPSA) is 87.7 Å². The van der Waals surface area contributed by atoms with Gasteiger partial charge in [-0.15, -0.1) is 0 Å². The maximum atomic E-state index is 13.8. The molecule has 3 rings (SSSR count). The number of benzene rings is 2. The van der Waals surface area contributed by atoms with Crippen LogP contribution < -0.4 is 15.4 Å². The number of methoxy groups -OCH3 is 1. The minimum absolute atomic E-state index is 0.00314. The molecule has 1 fully saturated rings. The van der Waals surface area contributed by atoms with E-state index >= 15 is 0 Å². The Hall–Kier alpha value is -3.42. The van der Waals surface area contributed by atoms with Crippen molar-refractivity contribution in [3.8, 4) is 5.75 Å². The summed E-state index contributed by atoms with van der Waals surface area (Å²) in [5, 5.41) is 5.27. The van der Waals surface area contributed by atoms with Crippen molar-refractivity contribution in [2.45, 2.75) is 19.5 Å². The fraction of sp³-hybridized carbons (Fsp3) is 0.250. The Morgan fingerprint density at radius 3 is 2.54 bits per heavy atom. The molecule has 146 valence electrons. The summed E-state index contributed by atoms with van der Waals surface area (Å²) in [6.07, 6.45) is 0. The second-order valence-corrected chi connectivity index (χ2v) is 6.42. The summed E-state index contributed by atoms with van der Waals surface area (Å²) in [5.74, 6) is -0.952. The molecule has 1 heterocycles. The van der Waals surface area contributed by atoms with Crippen LogP contribution in [0.1, 0.15) is 34.5 Å². The summed E-state index contributed by atoms with van der Waals surface area (Å²) < 4.78 is 18.7. The maximum Gasteiger partial charge on any atom is 0.324 e. The van der Waals surface area contributed by atoms with E-state index in [-0.39, 0.29) is 30.7 Å². The fourth-order valence-corrected chi connectivity index (χ4v) is 2.87. The summed E-state index contributed by atoms with van der Waals surface area (Å²) in [6, 6.07) is 10.3. The summed E-state index contributed by atoms with van der Waals surface area (Å²) >= 11 is 0. The van der Waals surface area contributed by atoms with E-state index < -0.39 is 17.9 Å². The molecule has 4 amide bonds. The van der Waals surface area contributed by atoms with Gasteiger partial charge in [0.2, 0.25) is 5.91 Å². The number of ether oxygens (including phenoxy) is 1. The summed E-state index contributed by atoms with van der Waals surface area (Å²) in [7, 11) is 1.39. The summed E-state index contributed by atoms with van der Waals surface area (Å²) in [5.41, 5.74) is 1.76. The predicted octanol–water partition coefficient (Wildman–Crippen LogP) is 2.38. The SMILES string of the molecule is COc1ccc([C@@H](C)NC(=O)c2ccc(CN3C(=O)CNC3=O)cc2)cc1F. The van der Waals surface area contributed by atoms with Crippen LogP contribution in [-0.4, -0.2) is 36.4 Å². The van der Waals surface area contributed by atoms with Gasteiger partial charge in [-0.2, -0.15) is 0 Å². The van der Waals surface area contributed by atoms with Crippen molar-refractivity contribution in [3.63, 3.8) is 0 Å². The van der Waals surface area contributed by atoms with Crippen LogP contribution in [0.15, 0.2) is 42.5 Å². The molecule has 1 saturated heterocycles. The normalized spacial score (nSPS) is 14.6. The van der Waals surface area contributed by atoms with Crippen LogP contribution in [0.25, 0.3) is 0 Å². The highest BCUT2D eigenvalue weighted by molar-refractivity contribution is 6.01. The van der Waals surface area contributed by atoms with E-state index in [4.69, 9.17) is 4.74 Å². The smallest absolute Gasteiger partial charge is 0.324 e. The Labute approximate surface area is 161 Å². The van der Waals surface area contributed by atoms with Crippen molar-refractivity contribution in [1.29, 1.82) is 0 Å². The van der Waals surface area contributed by atoms with Crippen LogP contribution in [0.2, 0.25) is 0 Å². The van der Waals surface area contributed by atoms with E-state index in [0.29, 0.717) is 11.1 Å². The van der Waals surface area contributed by atoms with Crippen LogP contribution in [0.3, 0.4) is 0 Å². The predicted molar refractivity (Wildman–Crippen MR) is 99.2 cm³/mol. The van der Waals surface area contributed by atoms with Crippen LogP contribution in [0, 0.1) is 5.82 Å². The second kappa shape index (κ2) is 8.08. The minimum Gasteiger partial charge on any atom is -0.494 e. The van der Waals surface area contributed by atoms with Gasteiger partial charge in [0, 0.05) is 5.56 Å². The van der Waals surface area contributed by atoms with Gasteiger partial charge < -0.3 is 15.4 Å². The number of imide groups is 1. The summed E-state index contributed by atoms with van der Waals surface area (Å²) in [4.78, 5) is 36.8. The lowest BCUT2D eigenvalue weighted by Gasteiger charge is -2.16. The molecule has 7 nitrogen and oxygen atoms in total. The van der Waals surface area contributed by atoms with Gasteiger partial charge in [0.1, 0.15) is 0 Å². The molecule has 0 aromatic heterocycles. The largest absolute Gasteiger partial charge is 0.494 e. The van der Waals surface area contributed by atoms with Crippen LogP contribution in [0.4, 0.5) is 9.18 Å². The average Bonchev–Trinajstić information content (AvgIpc) is 3.00. The van der Waals surface area contributed by atoms with Crippen molar-refractivity contribution >= 4 is 17.8 Å². The number of amides is 4. The highest BCUT2D eigenvalue weighted by Crippen LogP contribution is 2.22. The molecule has 0 saturated carbocycles. The van der Waals surface area contributed by atoms with Crippen LogP contribution in [-0.2, 0) is 11.3 Å². The standard InChI is InChI=1S/C20H20FN3O4/c1-12(15-7-8-17(28-2)16(21)9-15)23-19(26)14-5-3-13(4-6-14)11-24-18(25)10-22-20(24)27/h3-9,12H,10-11H2,1-2H3,(H,22,27)(H,23,26)/t12-/m1/s1. The van der Waals surface area contributed by atoms with E-state index in [2.05, 4.69) is 10.6 Å². The van der Waals surface area contributed by atoms with Gasteiger partial charge in [-0.05, 0) is 42.3 Å². The second-order valence-electron chi connectivity index (χ2n) is 6.42. The summed E-state index contributed by atoms with van der Waals surface area (Å²) in [6.45, 7) is 1.91. The molecule has 2 N–H and O–H groups in total. The molecular weight excluding hydrogens is 365 g/mol. The van der Waals surface area contributed by atoms with Crippen LogP contribution >= 0.6 is 0 Å². The third kappa shape index (κ3) is 4.11. The first kappa shape index (κ1) is 19.3. The molecule has 1 aliphatic heterocycles.